The fraction of sp³-hybridized carbons (Fsp3) is 0.619. The molecule has 3 saturated heterocycles. The Morgan fingerprint density at radius 3 is 2.75 bits per heavy atom. The van der Waals surface area contributed by atoms with Crippen LogP contribution in [-0.2, 0) is 16.1 Å². The summed E-state index contributed by atoms with van der Waals surface area (Å²) in [6.45, 7) is 4.19. The molecule has 3 heterocycles. The summed E-state index contributed by atoms with van der Waals surface area (Å²) >= 11 is 0. The lowest BCUT2D eigenvalue weighted by Crippen LogP contribution is -2.66. The Morgan fingerprint density at radius 1 is 1.21 bits per heavy atom. The molecule has 0 aromatic heterocycles. The van der Waals surface area contributed by atoms with E-state index < -0.39 is 11.6 Å². The van der Waals surface area contributed by atoms with Crippen molar-refractivity contribution < 1.29 is 18.4 Å². The highest BCUT2D eigenvalue weighted by atomic mass is 19.2. The third-order valence-electron chi connectivity index (χ3n) is 6.52. The van der Waals surface area contributed by atoms with Gasteiger partial charge in [-0.3, -0.25) is 14.5 Å². The summed E-state index contributed by atoms with van der Waals surface area (Å²) in [7, 11) is 0. The van der Waals surface area contributed by atoms with E-state index in [0.717, 1.165) is 37.9 Å². The van der Waals surface area contributed by atoms with E-state index in [-0.39, 0.29) is 29.8 Å². The maximum atomic E-state index is 13.6. The number of halogens is 2. The first-order valence-corrected chi connectivity index (χ1v) is 10.1. The molecule has 0 radical (unpaired) electrons. The molecule has 0 aliphatic carbocycles. The van der Waals surface area contributed by atoms with Crippen LogP contribution in [0.3, 0.4) is 0 Å². The highest BCUT2D eigenvalue weighted by Crippen LogP contribution is 2.41. The van der Waals surface area contributed by atoms with Crippen molar-refractivity contribution in [2.75, 3.05) is 19.6 Å². The number of piperidine rings is 3. The van der Waals surface area contributed by atoms with Crippen molar-refractivity contribution in [3.63, 3.8) is 0 Å². The Hall–Kier alpha value is -2.02. The van der Waals surface area contributed by atoms with Crippen LogP contribution in [0.4, 0.5) is 8.78 Å². The monoisotopic (exact) mass is 391 g/mol. The lowest BCUT2D eigenvalue weighted by Gasteiger charge is -2.56. The van der Waals surface area contributed by atoms with E-state index in [1.54, 1.807) is 6.07 Å². The molecule has 2 amide bonds. The molecule has 5 nitrogen and oxygen atoms in total. The highest BCUT2D eigenvalue weighted by molar-refractivity contribution is 5.78. The van der Waals surface area contributed by atoms with Gasteiger partial charge in [0.1, 0.15) is 0 Å². The Kier molecular flexibility index (Phi) is 5.36. The van der Waals surface area contributed by atoms with Crippen LogP contribution in [0.15, 0.2) is 18.2 Å². The zero-order chi connectivity index (χ0) is 19.8. The first-order chi connectivity index (χ1) is 13.4. The van der Waals surface area contributed by atoms with Crippen LogP contribution < -0.4 is 5.32 Å². The van der Waals surface area contributed by atoms with Gasteiger partial charge in [0.25, 0.3) is 0 Å². The van der Waals surface area contributed by atoms with E-state index in [1.807, 2.05) is 0 Å². The van der Waals surface area contributed by atoms with Gasteiger partial charge in [0, 0.05) is 45.6 Å². The molecule has 1 aromatic carbocycles. The molecule has 1 aromatic rings. The number of benzene rings is 1. The average Bonchev–Trinajstić information content (AvgIpc) is 2.65. The molecule has 4 atom stereocenters. The van der Waals surface area contributed by atoms with Gasteiger partial charge in [-0.05, 0) is 48.8 Å². The van der Waals surface area contributed by atoms with Crippen LogP contribution in [0.5, 0.6) is 0 Å². The van der Waals surface area contributed by atoms with Crippen LogP contribution in [0, 0.1) is 23.5 Å². The summed E-state index contributed by atoms with van der Waals surface area (Å²) in [4.78, 5) is 28.5. The molecule has 0 unspecified atom stereocenters. The zero-order valence-electron chi connectivity index (χ0n) is 16.2. The molecule has 3 aliphatic heterocycles. The fourth-order valence-corrected chi connectivity index (χ4v) is 5.41. The molecular weight excluding hydrogens is 364 g/mol. The van der Waals surface area contributed by atoms with Crippen molar-refractivity contribution in [2.45, 2.75) is 51.2 Å². The number of amides is 2. The average molecular weight is 391 g/mol. The van der Waals surface area contributed by atoms with Crippen molar-refractivity contribution in [3.05, 3.63) is 35.4 Å². The second-order valence-corrected chi connectivity index (χ2v) is 8.46. The minimum Gasteiger partial charge on any atom is -0.354 e. The van der Waals surface area contributed by atoms with Crippen molar-refractivity contribution in [2.24, 2.45) is 11.8 Å². The summed E-state index contributed by atoms with van der Waals surface area (Å²) in [5.41, 5.74) is 0.758. The first-order valence-electron chi connectivity index (χ1n) is 10.1. The predicted octanol–water partition coefficient (Wildman–Crippen LogP) is 2.30. The molecule has 7 heteroatoms. The summed E-state index contributed by atoms with van der Waals surface area (Å²) in [6.07, 6.45) is 3.55. The summed E-state index contributed by atoms with van der Waals surface area (Å²) < 4.78 is 26.8. The van der Waals surface area contributed by atoms with Crippen LogP contribution in [-0.4, -0.2) is 53.3 Å². The van der Waals surface area contributed by atoms with Gasteiger partial charge in [0.05, 0.1) is 6.04 Å². The van der Waals surface area contributed by atoms with Gasteiger partial charge < -0.3 is 10.2 Å². The van der Waals surface area contributed by atoms with E-state index >= 15 is 0 Å². The van der Waals surface area contributed by atoms with Gasteiger partial charge in [0.15, 0.2) is 11.6 Å². The number of nitrogens with one attached hydrogen (secondary N) is 1. The molecule has 28 heavy (non-hydrogen) atoms. The van der Waals surface area contributed by atoms with Gasteiger partial charge in [-0.15, -0.1) is 0 Å². The molecule has 0 saturated carbocycles. The van der Waals surface area contributed by atoms with Gasteiger partial charge >= 0.3 is 0 Å². The Balaban J connectivity index is 1.53. The largest absolute Gasteiger partial charge is 0.354 e. The highest BCUT2D eigenvalue weighted by Gasteiger charge is 2.49. The number of hydrogen-bond donors (Lipinski definition) is 1. The van der Waals surface area contributed by atoms with Crippen LogP contribution in [0.2, 0.25) is 0 Å². The van der Waals surface area contributed by atoms with E-state index in [9.17, 15) is 18.4 Å². The molecule has 4 rings (SSSR count). The third kappa shape index (κ3) is 3.77. The number of hydrogen-bond acceptors (Lipinski definition) is 3. The van der Waals surface area contributed by atoms with Crippen molar-refractivity contribution >= 4 is 11.8 Å². The summed E-state index contributed by atoms with van der Waals surface area (Å²) in [6, 6.07) is 4.30. The third-order valence-corrected chi connectivity index (χ3v) is 6.52. The molecule has 1 N–H and O–H groups in total. The summed E-state index contributed by atoms with van der Waals surface area (Å²) in [5, 5.41) is 2.91. The van der Waals surface area contributed by atoms with Crippen molar-refractivity contribution in [3.8, 4) is 0 Å². The standard InChI is InChI=1S/C21H27F2N3O2/c1-13(27)24-9-20-16-8-15(19-3-2-4-21(28)26(19)20)11-25(12-16)10-14-5-6-17(22)18(23)7-14/h5-7,15-16,19-20H,2-4,8-12H2,1H3,(H,24,27)/t15-,16+,19+,20+/m1/s1. The van der Waals surface area contributed by atoms with Crippen LogP contribution in [0.1, 0.15) is 38.2 Å². The quantitative estimate of drug-likeness (QED) is 0.857. The number of likely N-dealkylation sites (tertiary alicyclic amines) is 1. The predicted molar refractivity (Wildman–Crippen MR) is 100 cm³/mol. The minimum absolute atomic E-state index is 0.00528. The Bertz CT molecular complexity index is 772. The topological polar surface area (TPSA) is 52.7 Å². The second-order valence-electron chi connectivity index (χ2n) is 8.46. The molecule has 152 valence electrons. The van der Waals surface area contributed by atoms with Crippen molar-refractivity contribution in [1.82, 2.24) is 15.1 Å². The summed E-state index contributed by atoms with van der Waals surface area (Å²) in [5.74, 6) is -0.864. The van der Waals surface area contributed by atoms with Crippen molar-refractivity contribution in [1.29, 1.82) is 0 Å². The number of fused-ring (bicyclic) bond motifs is 4. The second kappa shape index (κ2) is 7.78. The number of rotatable bonds is 4. The number of carbonyl (C=O) groups is 2. The molecule has 2 bridgehead atoms. The van der Waals surface area contributed by atoms with Gasteiger partial charge in [0.2, 0.25) is 11.8 Å². The maximum Gasteiger partial charge on any atom is 0.223 e. The first kappa shape index (κ1) is 19.3. The van der Waals surface area contributed by atoms with Gasteiger partial charge in [-0.25, -0.2) is 8.78 Å². The van der Waals surface area contributed by atoms with E-state index in [2.05, 4.69) is 15.1 Å². The lowest BCUT2D eigenvalue weighted by atomic mass is 9.72. The van der Waals surface area contributed by atoms with E-state index in [0.29, 0.717) is 25.4 Å². The van der Waals surface area contributed by atoms with E-state index in [1.165, 1.54) is 19.1 Å². The molecule has 3 fully saturated rings. The Morgan fingerprint density at radius 2 is 2.00 bits per heavy atom. The normalized spacial score (nSPS) is 30.1. The van der Waals surface area contributed by atoms with E-state index in [4.69, 9.17) is 0 Å². The number of carbonyl (C=O) groups excluding carboxylic acids is 2. The van der Waals surface area contributed by atoms with Gasteiger partial charge in [-0.1, -0.05) is 6.07 Å². The Labute approximate surface area is 164 Å². The minimum atomic E-state index is -0.828. The molecule has 0 spiro atoms. The molecular formula is C21H27F2N3O2. The SMILES string of the molecule is CC(=O)NC[C@H]1[C@H]2C[C@H](CN(Cc3ccc(F)c(F)c3)C2)[C@@H]2CCCC(=O)N21. The maximum absolute atomic E-state index is 13.6. The van der Waals surface area contributed by atoms with Gasteiger partial charge in [-0.2, -0.15) is 0 Å². The zero-order valence-corrected chi connectivity index (χ0v) is 16.2. The molecule has 3 aliphatic rings. The fourth-order valence-electron chi connectivity index (χ4n) is 5.41. The smallest absolute Gasteiger partial charge is 0.223 e. The van der Waals surface area contributed by atoms with Crippen LogP contribution in [0.25, 0.3) is 0 Å². The van der Waals surface area contributed by atoms with Crippen LogP contribution >= 0.6 is 0 Å². The number of nitrogens with zero attached hydrogens (tertiary/aromatic N) is 2. The lowest BCUT2D eigenvalue weighted by molar-refractivity contribution is -0.153.